The minimum absolute atomic E-state index is 0.397. The van der Waals surface area contributed by atoms with Crippen LogP contribution in [-0.4, -0.2) is 27.6 Å². The van der Waals surface area contributed by atoms with E-state index in [9.17, 15) is 4.79 Å². The number of carbonyl (C=O) groups is 1. The Balaban J connectivity index is 2.75. The van der Waals surface area contributed by atoms with E-state index in [1.165, 1.54) is 13.3 Å². The predicted molar refractivity (Wildman–Crippen MR) is 49.8 cm³/mol. The molecule has 0 radical (unpaired) electrons. The van der Waals surface area contributed by atoms with Crippen LogP contribution in [0, 0.1) is 0 Å². The van der Waals surface area contributed by atoms with E-state index in [4.69, 9.17) is 0 Å². The quantitative estimate of drug-likeness (QED) is 0.624. The number of hydrogen-bond acceptors (Lipinski definition) is 4. The largest absolute Gasteiger partial charge is 0.465 e. The number of aromatic nitrogens is 3. The lowest BCUT2D eigenvalue weighted by molar-refractivity contribution is 0.0602. The Morgan fingerprint density at radius 1 is 1.50 bits per heavy atom. The Morgan fingerprint density at radius 2 is 2.29 bits per heavy atom. The molecule has 0 saturated heterocycles. The maximum absolute atomic E-state index is 11.4. The third-order valence-corrected chi connectivity index (χ3v) is 2.03. The monoisotopic (exact) mass is 191 g/mol. The summed E-state index contributed by atoms with van der Waals surface area (Å²) in [6, 6.07) is 0. The van der Waals surface area contributed by atoms with Gasteiger partial charge in [0.15, 0.2) is 0 Å². The molecule has 2 rings (SSSR count). The van der Waals surface area contributed by atoms with Crippen molar-refractivity contribution in [1.29, 1.82) is 0 Å². The molecule has 2 aromatic rings. The SMILES string of the molecule is COC(=O)c1cncc2ncn(C)c12. The number of pyridine rings is 1. The molecule has 0 aliphatic heterocycles. The second-order valence-corrected chi connectivity index (χ2v) is 2.90. The summed E-state index contributed by atoms with van der Waals surface area (Å²) in [5, 5.41) is 0. The number of imidazole rings is 1. The molecule has 0 aliphatic rings. The van der Waals surface area contributed by atoms with Gasteiger partial charge in [-0.1, -0.05) is 0 Å². The van der Waals surface area contributed by atoms with Crippen molar-refractivity contribution < 1.29 is 9.53 Å². The average molecular weight is 191 g/mol. The highest BCUT2D eigenvalue weighted by molar-refractivity contribution is 6.01. The van der Waals surface area contributed by atoms with E-state index in [0.29, 0.717) is 11.1 Å². The number of aryl methyl sites for hydroxylation is 1. The summed E-state index contributed by atoms with van der Waals surface area (Å²) >= 11 is 0. The number of esters is 1. The van der Waals surface area contributed by atoms with Crippen molar-refractivity contribution in [2.45, 2.75) is 0 Å². The fourth-order valence-electron chi connectivity index (χ4n) is 1.37. The molecule has 0 spiro atoms. The first-order valence-corrected chi connectivity index (χ1v) is 4.07. The summed E-state index contributed by atoms with van der Waals surface area (Å²) in [5.41, 5.74) is 1.87. The second kappa shape index (κ2) is 3.10. The van der Waals surface area contributed by atoms with Crippen LogP contribution in [0.3, 0.4) is 0 Å². The van der Waals surface area contributed by atoms with Gasteiger partial charge in [-0.15, -0.1) is 0 Å². The maximum atomic E-state index is 11.4. The van der Waals surface area contributed by atoms with Crippen molar-refractivity contribution in [1.82, 2.24) is 14.5 Å². The van der Waals surface area contributed by atoms with Gasteiger partial charge in [0.05, 0.1) is 25.2 Å². The Kier molecular flexibility index (Phi) is 1.92. The van der Waals surface area contributed by atoms with Crippen LogP contribution >= 0.6 is 0 Å². The Morgan fingerprint density at radius 3 is 3.00 bits per heavy atom. The molecule has 2 heterocycles. The van der Waals surface area contributed by atoms with Gasteiger partial charge < -0.3 is 9.30 Å². The van der Waals surface area contributed by atoms with Crippen LogP contribution in [-0.2, 0) is 11.8 Å². The second-order valence-electron chi connectivity index (χ2n) is 2.90. The van der Waals surface area contributed by atoms with Crippen molar-refractivity contribution >= 4 is 17.0 Å². The smallest absolute Gasteiger partial charge is 0.341 e. The maximum Gasteiger partial charge on any atom is 0.341 e. The van der Waals surface area contributed by atoms with Crippen LogP contribution in [0.15, 0.2) is 18.7 Å². The van der Waals surface area contributed by atoms with E-state index in [-0.39, 0.29) is 0 Å². The fraction of sp³-hybridized carbons (Fsp3) is 0.222. The molecule has 0 bridgehead atoms. The Bertz CT molecular complexity index is 490. The number of fused-ring (bicyclic) bond motifs is 1. The van der Waals surface area contributed by atoms with Gasteiger partial charge in [0, 0.05) is 13.2 Å². The van der Waals surface area contributed by atoms with Gasteiger partial charge in [0.1, 0.15) is 11.1 Å². The molecular formula is C9H9N3O2. The van der Waals surface area contributed by atoms with Gasteiger partial charge in [0.25, 0.3) is 0 Å². The van der Waals surface area contributed by atoms with Crippen molar-refractivity contribution in [3.8, 4) is 0 Å². The van der Waals surface area contributed by atoms with Gasteiger partial charge in [-0.3, -0.25) is 4.98 Å². The summed E-state index contributed by atoms with van der Waals surface area (Å²) in [7, 11) is 3.17. The molecule has 14 heavy (non-hydrogen) atoms. The molecule has 0 atom stereocenters. The Hall–Kier alpha value is -1.91. The van der Waals surface area contributed by atoms with Crippen LogP contribution in [0.5, 0.6) is 0 Å². The summed E-state index contributed by atoms with van der Waals surface area (Å²) in [5.74, 6) is -0.397. The number of ether oxygens (including phenoxy) is 1. The molecule has 5 heteroatoms. The normalized spacial score (nSPS) is 10.4. The molecule has 0 unspecified atom stereocenters. The first-order chi connectivity index (χ1) is 6.74. The first-order valence-electron chi connectivity index (χ1n) is 4.07. The highest BCUT2D eigenvalue weighted by atomic mass is 16.5. The molecule has 5 nitrogen and oxygen atoms in total. The van der Waals surface area contributed by atoms with Gasteiger partial charge in [0.2, 0.25) is 0 Å². The molecule has 0 saturated carbocycles. The van der Waals surface area contributed by atoms with Crippen molar-refractivity contribution in [3.63, 3.8) is 0 Å². The van der Waals surface area contributed by atoms with Crippen LogP contribution in [0.4, 0.5) is 0 Å². The molecule has 0 aliphatic carbocycles. The highest BCUT2D eigenvalue weighted by Crippen LogP contribution is 2.15. The zero-order valence-corrected chi connectivity index (χ0v) is 7.89. The van der Waals surface area contributed by atoms with E-state index >= 15 is 0 Å². The third kappa shape index (κ3) is 1.14. The number of carbonyl (C=O) groups excluding carboxylic acids is 1. The summed E-state index contributed by atoms with van der Waals surface area (Å²) < 4.78 is 6.42. The average Bonchev–Trinajstić information content (AvgIpc) is 2.59. The van der Waals surface area contributed by atoms with E-state index in [1.54, 1.807) is 17.1 Å². The fourth-order valence-corrected chi connectivity index (χ4v) is 1.37. The number of rotatable bonds is 1. The van der Waals surface area contributed by atoms with Gasteiger partial charge >= 0.3 is 5.97 Å². The van der Waals surface area contributed by atoms with Crippen molar-refractivity contribution in [3.05, 3.63) is 24.3 Å². The summed E-state index contributed by atoms with van der Waals surface area (Å²) in [4.78, 5) is 19.4. The van der Waals surface area contributed by atoms with Gasteiger partial charge in [-0.25, -0.2) is 9.78 Å². The highest BCUT2D eigenvalue weighted by Gasteiger charge is 2.13. The standard InChI is InChI=1S/C9H9N3O2/c1-12-5-11-7-4-10-3-6(8(7)12)9(13)14-2/h3-5H,1-2H3. The Labute approximate surface area is 80.3 Å². The molecule has 72 valence electrons. The topological polar surface area (TPSA) is 57.0 Å². The molecule has 0 aromatic carbocycles. The van der Waals surface area contributed by atoms with Crippen molar-refractivity contribution in [2.75, 3.05) is 7.11 Å². The predicted octanol–water partition coefficient (Wildman–Crippen LogP) is 0.755. The van der Waals surface area contributed by atoms with E-state index < -0.39 is 5.97 Å². The van der Waals surface area contributed by atoms with Crippen LogP contribution in [0.25, 0.3) is 11.0 Å². The van der Waals surface area contributed by atoms with Crippen LogP contribution in [0.2, 0.25) is 0 Å². The van der Waals surface area contributed by atoms with E-state index in [1.807, 2.05) is 7.05 Å². The van der Waals surface area contributed by atoms with Crippen molar-refractivity contribution in [2.24, 2.45) is 7.05 Å². The molecular weight excluding hydrogens is 182 g/mol. The third-order valence-electron chi connectivity index (χ3n) is 2.03. The summed E-state index contributed by atoms with van der Waals surface area (Å²) in [6.45, 7) is 0. The molecule has 0 N–H and O–H groups in total. The first kappa shape index (κ1) is 8.68. The molecule has 0 fully saturated rings. The van der Waals surface area contributed by atoms with E-state index in [2.05, 4.69) is 14.7 Å². The molecule has 2 aromatic heterocycles. The zero-order valence-electron chi connectivity index (χ0n) is 7.89. The number of methoxy groups -OCH3 is 1. The number of nitrogens with zero attached hydrogens (tertiary/aromatic N) is 3. The summed E-state index contributed by atoms with van der Waals surface area (Å²) in [6.07, 6.45) is 4.73. The zero-order chi connectivity index (χ0) is 10.1. The minimum Gasteiger partial charge on any atom is -0.465 e. The lowest BCUT2D eigenvalue weighted by Gasteiger charge is -2.01. The minimum atomic E-state index is -0.397. The van der Waals surface area contributed by atoms with Crippen LogP contribution in [0.1, 0.15) is 10.4 Å². The lowest BCUT2D eigenvalue weighted by atomic mass is 10.2. The lowest BCUT2D eigenvalue weighted by Crippen LogP contribution is -2.04. The van der Waals surface area contributed by atoms with Gasteiger partial charge in [-0.2, -0.15) is 0 Å². The van der Waals surface area contributed by atoms with Gasteiger partial charge in [-0.05, 0) is 0 Å². The molecule has 0 amide bonds. The van der Waals surface area contributed by atoms with Crippen LogP contribution < -0.4 is 0 Å². The van der Waals surface area contributed by atoms with E-state index in [0.717, 1.165) is 5.52 Å². The number of hydrogen-bond donors (Lipinski definition) is 0.